The Bertz CT molecular complexity index is 799. The number of fused-ring (bicyclic) bond motifs is 1. The quantitative estimate of drug-likeness (QED) is 0.748. The van der Waals surface area contributed by atoms with Crippen molar-refractivity contribution in [1.82, 2.24) is 5.32 Å². The molecule has 1 atom stereocenters. The average molecular weight is 398 g/mol. The Labute approximate surface area is 160 Å². The van der Waals surface area contributed by atoms with Crippen LogP contribution in [0.3, 0.4) is 0 Å². The SMILES string of the molecule is O=C(COc1ccc(Cl)cc1Cl)NCCC(O)c1ccc2c(c1)OCO2. The molecule has 2 aromatic rings. The van der Waals surface area contributed by atoms with Crippen LogP contribution in [0.4, 0.5) is 0 Å². The first-order valence-corrected chi connectivity index (χ1v) is 8.70. The van der Waals surface area contributed by atoms with E-state index in [2.05, 4.69) is 5.32 Å². The molecule has 2 aromatic carbocycles. The number of aliphatic hydroxyl groups is 1. The van der Waals surface area contributed by atoms with E-state index < -0.39 is 6.10 Å². The number of ether oxygens (including phenoxy) is 3. The molecule has 8 heteroatoms. The second-order valence-corrected chi connectivity index (χ2v) is 6.47. The fourth-order valence-electron chi connectivity index (χ4n) is 2.42. The Hall–Kier alpha value is -2.15. The van der Waals surface area contributed by atoms with Gasteiger partial charge < -0.3 is 24.6 Å². The van der Waals surface area contributed by atoms with Gasteiger partial charge in [-0.1, -0.05) is 29.3 Å². The van der Waals surface area contributed by atoms with Crippen molar-refractivity contribution < 1.29 is 24.1 Å². The summed E-state index contributed by atoms with van der Waals surface area (Å²) in [5.41, 5.74) is 0.702. The lowest BCUT2D eigenvalue weighted by Crippen LogP contribution is -2.30. The molecule has 3 rings (SSSR count). The van der Waals surface area contributed by atoms with Crippen LogP contribution in [-0.2, 0) is 4.79 Å². The molecule has 2 N–H and O–H groups in total. The van der Waals surface area contributed by atoms with Crippen LogP contribution in [0.5, 0.6) is 17.2 Å². The number of carbonyl (C=O) groups is 1. The maximum absolute atomic E-state index is 11.8. The van der Waals surface area contributed by atoms with Crippen molar-refractivity contribution in [1.29, 1.82) is 0 Å². The number of rotatable bonds is 7. The van der Waals surface area contributed by atoms with Gasteiger partial charge >= 0.3 is 0 Å². The van der Waals surface area contributed by atoms with Crippen molar-refractivity contribution in [2.24, 2.45) is 0 Å². The Morgan fingerprint density at radius 3 is 2.81 bits per heavy atom. The molecule has 1 aliphatic rings. The zero-order valence-electron chi connectivity index (χ0n) is 13.7. The van der Waals surface area contributed by atoms with Crippen LogP contribution >= 0.6 is 23.2 Å². The second kappa shape index (κ2) is 8.49. The van der Waals surface area contributed by atoms with E-state index in [9.17, 15) is 9.90 Å². The highest BCUT2D eigenvalue weighted by molar-refractivity contribution is 6.35. The van der Waals surface area contributed by atoms with Gasteiger partial charge in [0, 0.05) is 11.6 Å². The lowest BCUT2D eigenvalue weighted by molar-refractivity contribution is -0.123. The first-order chi connectivity index (χ1) is 12.5. The maximum Gasteiger partial charge on any atom is 0.257 e. The van der Waals surface area contributed by atoms with E-state index in [1.54, 1.807) is 30.3 Å². The van der Waals surface area contributed by atoms with E-state index in [4.69, 9.17) is 37.4 Å². The standard InChI is InChI=1S/C18H17Cl2NO5/c19-12-2-4-15(13(20)8-12)24-9-18(23)21-6-5-14(22)11-1-3-16-17(7-11)26-10-25-16/h1-4,7-8,14,22H,5-6,9-10H2,(H,21,23). The van der Waals surface area contributed by atoms with Crippen molar-refractivity contribution in [2.45, 2.75) is 12.5 Å². The highest BCUT2D eigenvalue weighted by Crippen LogP contribution is 2.34. The third kappa shape index (κ3) is 4.72. The second-order valence-electron chi connectivity index (χ2n) is 5.63. The number of aliphatic hydroxyl groups excluding tert-OH is 1. The Morgan fingerprint density at radius 2 is 2.00 bits per heavy atom. The smallest absolute Gasteiger partial charge is 0.257 e. The van der Waals surface area contributed by atoms with Crippen LogP contribution in [0.15, 0.2) is 36.4 Å². The number of benzene rings is 2. The molecule has 0 saturated carbocycles. The fourth-order valence-corrected chi connectivity index (χ4v) is 2.89. The van der Waals surface area contributed by atoms with E-state index in [0.29, 0.717) is 45.8 Å². The molecule has 0 radical (unpaired) electrons. The number of amides is 1. The highest BCUT2D eigenvalue weighted by Gasteiger charge is 2.16. The highest BCUT2D eigenvalue weighted by atomic mass is 35.5. The van der Waals surface area contributed by atoms with Crippen molar-refractivity contribution in [3.63, 3.8) is 0 Å². The molecule has 1 amide bonds. The average Bonchev–Trinajstić information content (AvgIpc) is 3.08. The van der Waals surface area contributed by atoms with Gasteiger partial charge in [0.2, 0.25) is 6.79 Å². The molecular weight excluding hydrogens is 381 g/mol. The number of nitrogens with one attached hydrogen (secondary N) is 1. The topological polar surface area (TPSA) is 77.0 Å². The molecule has 1 aliphatic heterocycles. The summed E-state index contributed by atoms with van der Waals surface area (Å²) < 4.78 is 15.9. The van der Waals surface area contributed by atoms with Gasteiger partial charge in [-0.3, -0.25) is 4.79 Å². The Balaban J connectivity index is 1.42. The third-order valence-corrected chi connectivity index (χ3v) is 4.30. The van der Waals surface area contributed by atoms with Gasteiger partial charge in [0.15, 0.2) is 18.1 Å². The van der Waals surface area contributed by atoms with Crippen LogP contribution in [0.1, 0.15) is 18.1 Å². The number of hydrogen-bond donors (Lipinski definition) is 2. The van der Waals surface area contributed by atoms with E-state index in [1.807, 2.05) is 0 Å². The first kappa shape index (κ1) is 18.6. The minimum absolute atomic E-state index is 0.179. The molecule has 0 fully saturated rings. The minimum Gasteiger partial charge on any atom is -0.482 e. The molecule has 26 heavy (non-hydrogen) atoms. The summed E-state index contributed by atoms with van der Waals surface area (Å²) in [7, 11) is 0. The summed E-state index contributed by atoms with van der Waals surface area (Å²) in [6.45, 7) is 0.302. The predicted molar refractivity (Wildman–Crippen MR) is 97.1 cm³/mol. The van der Waals surface area contributed by atoms with Gasteiger partial charge in [-0.25, -0.2) is 0 Å². The van der Waals surface area contributed by atoms with Gasteiger partial charge in [-0.05, 0) is 42.3 Å². The van der Waals surface area contributed by atoms with Gasteiger partial charge in [0.05, 0.1) is 11.1 Å². The van der Waals surface area contributed by atoms with E-state index in [-0.39, 0.29) is 19.3 Å². The molecule has 0 aromatic heterocycles. The zero-order valence-corrected chi connectivity index (χ0v) is 15.2. The van der Waals surface area contributed by atoms with Crippen LogP contribution in [0.2, 0.25) is 10.0 Å². The largest absolute Gasteiger partial charge is 0.482 e. The van der Waals surface area contributed by atoms with Crippen molar-refractivity contribution >= 4 is 29.1 Å². The zero-order chi connectivity index (χ0) is 18.5. The Morgan fingerprint density at radius 1 is 1.19 bits per heavy atom. The van der Waals surface area contributed by atoms with E-state index in [0.717, 1.165) is 0 Å². The van der Waals surface area contributed by atoms with E-state index in [1.165, 1.54) is 6.07 Å². The summed E-state index contributed by atoms with van der Waals surface area (Å²) >= 11 is 11.8. The fraction of sp³-hybridized carbons (Fsp3) is 0.278. The lowest BCUT2D eigenvalue weighted by Gasteiger charge is -2.13. The van der Waals surface area contributed by atoms with Crippen molar-refractivity contribution in [2.75, 3.05) is 19.9 Å². The number of hydrogen-bond acceptors (Lipinski definition) is 5. The number of halogens is 2. The van der Waals surface area contributed by atoms with Crippen LogP contribution in [0.25, 0.3) is 0 Å². The van der Waals surface area contributed by atoms with Gasteiger partial charge in [-0.2, -0.15) is 0 Å². The summed E-state index contributed by atoms with van der Waals surface area (Å²) in [6, 6.07) is 10.0. The third-order valence-electron chi connectivity index (χ3n) is 3.77. The summed E-state index contributed by atoms with van der Waals surface area (Å²) in [4.78, 5) is 11.8. The van der Waals surface area contributed by atoms with E-state index >= 15 is 0 Å². The minimum atomic E-state index is -0.726. The molecule has 0 saturated heterocycles. The number of carbonyl (C=O) groups excluding carboxylic acids is 1. The van der Waals surface area contributed by atoms with Crippen LogP contribution in [-0.4, -0.2) is 31.0 Å². The van der Waals surface area contributed by atoms with Crippen molar-refractivity contribution in [3.05, 3.63) is 52.0 Å². The van der Waals surface area contributed by atoms with Gasteiger partial charge in [0.25, 0.3) is 5.91 Å². The molecule has 1 unspecified atom stereocenters. The monoisotopic (exact) mass is 397 g/mol. The molecule has 1 heterocycles. The van der Waals surface area contributed by atoms with Gasteiger partial charge in [0.1, 0.15) is 5.75 Å². The summed E-state index contributed by atoms with van der Waals surface area (Å²) in [6.07, 6.45) is -0.371. The molecule has 6 nitrogen and oxygen atoms in total. The van der Waals surface area contributed by atoms with Crippen molar-refractivity contribution in [3.8, 4) is 17.2 Å². The molecule has 0 aliphatic carbocycles. The van der Waals surface area contributed by atoms with Crippen LogP contribution in [0, 0.1) is 0 Å². The predicted octanol–water partition coefficient (Wildman–Crippen LogP) is 3.34. The Kier molecular flexibility index (Phi) is 6.08. The van der Waals surface area contributed by atoms with Crippen LogP contribution < -0.4 is 19.5 Å². The van der Waals surface area contributed by atoms with Gasteiger partial charge in [-0.15, -0.1) is 0 Å². The first-order valence-electron chi connectivity index (χ1n) is 7.95. The maximum atomic E-state index is 11.8. The molecule has 138 valence electrons. The summed E-state index contributed by atoms with van der Waals surface area (Å²) in [5, 5.41) is 13.7. The molecular formula is C18H17Cl2NO5. The summed E-state index contributed by atoms with van der Waals surface area (Å²) in [5.74, 6) is 1.34. The molecule has 0 spiro atoms. The normalized spacial score (nSPS) is 13.3. The lowest BCUT2D eigenvalue weighted by atomic mass is 10.1. The molecule has 0 bridgehead atoms.